The number of nitrogens with zero attached hydrogens (tertiary/aromatic N) is 2. The van der Waals surface area contributed by atoms with Crippen molar-refractivity contribution in [3.8, 4) is 11.5 Å². The van der Waals surface area contributed by atoms with E-state index in [9.17, 15) is 13.5 Å². The van der Waals surface area contributed by atoms with Crippen LogP contribution in [-0.4, -0.2) is 56.0 Å². The third kappa shape index (κ3) is 4.38. The summed E-state index contributed by atoms with van der Waals surface area (Å²) < 4.78 is 32.3. The van der Waals surface area contributed by atoms with E-state index >= 15 is 0 Å². The fourth-order valence-corrected chi connectivity index (χ4v) is 4.84. The number of sulfonamides is 1. The average Bonchev–Trinajstić information content (AvgIpc) is 2.71. The second kappa shape index (κ2) is 8.77. The molecule has 1 heterocycles. The molecule has 1 N–H and O–H groups in total. The van der Waals surface area contributed by atoms with Gasteiger partial charge in [0.25, 0.3) is 0 Å². The zero-order chi connectivity index (χ0) is 20.1. The standard InChI is InChI=1S/C21H26N2O4S/c1-3-7-17-14-18(21(24)20(15-17)27-2)16-22-10-12-23(13-11-22)28(25,26)19-8-5-4-6-9-19/h3-6,8-9,14-15,24H,1,7,10-13,16H2,2H3. The van der Waals surface area contributed by atoms with Gasteiger partial charge in [0.1, 0.15) is 0 Å². The zero-order valence-electron chi connectivity index (χ0n) is 16.0. The molecule has 1 saturated heterocycles. The van der Waals surface area contributed by atoms with E-state index < -0.39 is 10.0 Å². The van der Waals surface area contributed by atoms with Crippen molar-refractivity contribution in [3.05, 3.63) is 66.2 Å². The van der Waals surface area contributed by atoms with Gasteiger partial charge in [0.2, 0.25) is 10.0 Å². The topological polar surface area (TPSA) is 70.1 Å². The predicted molar refractivity (Wildman–Crippen MR) is 109 cm³/mol. The lowest BCUT2D eigenvalue weighted by atomic mass is 10.1. The molecule has 28 heavy (non-hydrogen) atoms. The van der Waals surface area contributed by atoms with Crippen molar-refractivity contribution in [1.82, 2.24) is 9.21 Å². The molecule has 6 nitrogen and oxygen atoms in total. The van der Waals surface area contributed by atoms with E-state index in [2.05, 4.69) is 11.5 Å². The third-order valence-corrected chi connectivity index (χ3v) is 6.83. The molecule has 7 heteroatoms. The fourth-order valence-electron chi connectivity index (χ4n) is 3.40. The number of ether oxygens (including phenoxy) is 1. The van der Waals surface area contributed by atoms with E-state index in [0.717, 1.165) is 11.1 Å². The smallest absolute Gasteiger partial charge is 0.243 e. The van der Waals surface area contributed by atoms with E-state index in [4.69, 9.17) is 4.74 Å². The van der Waals surface area contributed by atoms with Gasteiger partial charge in [-0.3, -0.25) is 4.90 Å². The van der Waals surface area contributed by atoms with E-state index in [0.29, 0.717) is 49.8 Å². The third-order valence-electron chi connectivity index (χ3n) is 4.92. The van der Waals surface area contributed by atoms with Gasteiger partial charge in [-0.15, -0.1) is 6.58 Å². The van der Waals surface area contributed by atoms with Gasteiger partial charge in [-0.2, -0.15) is 4.31 Å². The van der Waals surface area contributed by atoms with Gasteiger partial charge < -0.3 is 9.84 Å². The maximum atomic E-state index is 12.7. The van der Waals surface area contributed by atoms with Gasteiger partial charge >= 0.3 is 0 Å². The average molecular weight is 403 g/mol. The van der Waals surface area contributed by atoms with Crippen LogP contribution < -0.4 is 4.74 Å². The zero-order valence-corrected chi connectivity index (χ0v) is 16.9. The first-order chi connectivity index (χ1) is 13.5. The molecule has 150 valence electrons. The van der Waals surface area contributed by atoms with E-state index in [1.165, 1.54) is 11.4 Å². The Hall–Kier alpha value is -2.35. The Balaban J connectivity index is 1.69. The summed E-state index contributed by atoms with van der Waals surface area (Å²) in [5.74, 6) is 0.578. The molecule has 0 unspecified atom stereocenters. The Bertz CT molecular complexity index is 921. The van der Waals surface area contributed by atoms with Gasteiger partial charge in [0, 0.05) is 38.3 Å². The Kier molecular flexibility index (Phi) is 6.39. The number of allylic oxidation sites excluding steroid dienone is 1. The molecule has 2 aromatic carbocycles. The molecule has 0 spiro atoms. The summed E-state index contributed by atoms with van der Waals surface area (Å²) >= 11 is 0. The van der Waals surface area contributed by atoms with Crippen LogP contribution in [0.3, 0.4) is 0 Å². The molecule has 1 aliphatic heterocycles. The highest BCUT2D eigenvalue weighted by atomic mass is 32.2. The van der Waals surface area contributed by atoms with Gasteiger partial charge in [-0.1, -0.05) is 30.3 Å². The van der Waals surface area contributed by atoms with E-state index in [1.54, 1.807) is 30.3 Å². The highest BCUT2D eigenvalue weighted by Gasteiger charge is 2.28. The number of hydrogen-bond donors (Lipinski definition) is 1. The minimum Gasteiger partial charge on any atom is -0.504 e. The van der Waals surface area contributed by atoms with E-state index in [1.807, 2.05) is 18.2 Å². The fraction of sp³-hybridized carbons (Fsp3) is 0.333. The van der Waals surface area contributed by atoms with Crippen molar-refractivity contribution in [2.45, 2.75) is 17.9 Å². The molecular formula is C21H26N2O4S. The number of hydrogen-bond acceptors (Lipinski definition) is 5. The largest absolute Gasteiger partial charge is 0.504 e. The Labute approximate surface area is 166 Å². The molecule has 3 rings (SSSR count). The number of phenols is 1. The van der Waals surface area contributed by atoms with Gasteiger partial charge in [0.15, 0.2) is 11.5 Å². The minimum atomic E-state index is -3.47. The molecule has 1 fully saturated rings. The van der Waals surface area contributed by atoms with Crippen molar-refractivity contribution in [1.29, 1.82) is 0 Å². The van der Waals surface area contributed by atoms with Gasteiger partial charge in [0.05, 0.1) is 12.0 Å². The normalized spacial score (nSPS) is 16.0. The first kappa shape index (κ1) is 20.4. The predicted octanol–water partition coefficient (Wildman–Crippen LogP) is 2.64. The van der Waals surface area contributed by atoms with Crippen molar-refractivity contribution < 1.29 is 18.3 Å². The SMILES string of the molecule is C=CCc1cc(CN2CCN(S(=O)(=O)c3ccccc3)CC2)c(O)c(OC)c1. The van der Waals surface area contributed by atoms with Crippen LogP contribution in [0.25, 0.3) is 0 Å². The summed E-state index contributed by atoms with van der Waals surface area (Å²) in [7, 11) is -1.93. The lowest BCUT2D eigenvalue weighted by Crippen LogP contribution is -2.48. The maximum absolute atomic E-state index is 12.7. The molecule has 0 saturated carbocycles. The van der Waals surface area contributed by atoms with Crippen molar-refractivity contribution >= 4 is 10.0 Å². The number of phenolic OH excluding ortho intramolecular Hbond substituents is 1. The molecule has 0 amide bonds. The van der Waals surface area contributed by atoms with Crippen LogP contribution in [0, 0.1) is 0 Å². The lowest BCUT2D eigenvalue weighted by Gasteiger charge is -2.34. The van der Waals surface area contributed by atoms with Crippen LogP contribution in [0.5, 0.6) is 11.5 Å². The second-order valence-electron chi connectivity index (χ2n) is 6.79. The Morgan fingerprint density at radius 3 is 2.43 bits per heavy atom. The molecule has 0 aromatic heterocycles. The monoisotopic (exact) mass is 402 g/mol. The second-order valence-corrected chi connectivity index (χ2v) is 8.73. The summed E-state index contributed by atoms with van der Waals surface area (Å²) in [6.45, 7) is 6.32. The van der Waals surface area contributed by atoms with Crippen molar-refractivity contribution in [2.24, 2.45) is 0 Å². The number of rotatable bonds is 7. The minimum absolute atomic E-state index is 0.134. The van der Waals surface area contributed by atoms with Crippen LogP contribution in [0.2, 0.25) is 0 Å². The molecule has 0 aliphatic carbocycles. The van der Waals surface area contributed by atoms with Crippen LogP contribution in [-0.2, 0) is 23.0 Å². The Morgan fingerprint density at radius 1 is 1.14 bits per heavy atom. The highest BCUT2D eigenvalue weighted by Crippen LogP contribution is 2.33. The van der Waals surface area contributed by atoms with Gasteiger partial charge in [-0.05, 0) is 30.2 Å². The number of aromatic hydroxyl groups is 1. The number of methoxy groups -OCH3 is 1. The first-order valence-corrected chi connectivity index (χ1v) is 10.7. The molecule has 0 bridgehead atoms. The van der Waals surface area contributed by atoms with Crippen LogP contribution in [0.15, 0.2) is 60.0 Å². The molecule has 1 aliphatic rings. The van der Waals surface area contributed by atoms with Crippen molar-refractivity contribution in [3.63, 3.8) is 0 Å². The summed E-state index contributed by atoms with van der Waals surface area (Å²) in [5, 5.41) is 10.5. The quantitative estimate of drug-likeness (QED) is 0.721. The molecular weight excluding hydrogens is 376 g/mol. The number of piperazine rings is 1. The van der Waals surface area contributed by atoms with Crippen LogP contribution >= 0.6 is 0 Å². The maximum Gasteiger partial charge on any atom is 0.243 e. The van der Waals surface area contributed by atoms with Crippen LogP contribution in [0.4, 0.5) is 0 Å². The lowest BCUT2D eigenvalue weighted by molar-refractivity contribution is 0.179. The first-order valence-electron chi connectivity index (χ1n) is 9.23. The van der Waals surface area contributed by atoms with E-state index in [-0.39, 0.29) is 5.75 Å². The summed E-state index contributed by atoms with van der Waals surface area (Å²) in [6, 6.07) is 12.3. The molecule has 0 radical (unpaired) electrons. The summed E-state index contributed by atoms with van der Waals surface area (Å²) in [5.41, 5.74) is 1.79. The van der Waals surface area contributed by atoms with Crippen molar-refractivity contribution in [2.75, 3.05) is 33.3 Å². The van der Waals surface area contributed by atoms with Crippen LogP contribution in [0.1, 0.15) is 11.1 Å². The Morgan fingerprint density at radius 2 is 1.82 bits per heavy atom. The molecule has 2 aromatic rings. The van der Waals surface area contributed by atoms with Gasteiger partial charge in [-0.25, -0.2) is 8.42 Å². The summed E-state index contributed by atoms with van der Waals surface area (Å²) in [4.78, 5) is 2.46. The summed E-state index contributed by atoms with van der Waals surface area (Å²) in [6.07, 6.45) is 2.50. The molecule has 0 atom stereocenters. The highest BCUT2D eigenvalue weighted by molar-refractivity contribution is 7.89. The number of benzene rings is 2.